The molecule has 1 aromatic carbocycles. The highest BCUT2D eigenvalue weighted by Crippen LogP contribution is 2.37. The van der Waals surface area contributed by atoms with Crippen molar-refractivity contribution in [2.24, 2.45) is 11.8 Å². The average Bonchev–Trinajstić information content (AvgIpc) is 3.59. The van der Waals surface area contributed by atoms with Gasteiger partial charge in [0.15, 0.2) is 0 Å². The molecule has 2 amide bonds. The number of pyridine rings is 1. The number of aromatic nitrogens is 1. The normalized spacial score (nSPS) is 20.4. The van der Waals surface area contributed by atoms with E-state index >= 15 is 0 Å². The summed E-state index contributed by atoms with van der Waals surface area (Å²) in [4.78, 5) is 33.5. The summed E-state index contributed by atoms with van der Waals surface area (Å²) in [5.41, 5.74) is 3.89. The van der Waals surface area contributed by atoms with Gasteiger partial charge in [0.25, 0.3) is 0 Å². The number of nitrogens with zero attached hydrogens (tertiary/aromatic N) is 2. The molecule has 1 aliphatic carbocycles. The summed E-state index contributed by atoms with van der Waals surface area (Å²) in [6, 6.07) is 9.67. The molecule has 3 atom stereocenters. The van der Waals surface area contributed by atoms with Crippen LogP contribution in [0.3, 0.4) is 0 Å². The number of benzene rings is 1. The second kappa shape index (κ2) is 10.9. The fourth-order valence-electron chi connectivity index (χ4n) is 5.87. The Morgan fingerprint density at radius 3 is 2.72 bits per heavy atom. The lowest BCUT2D eigenvalue weighted by atomic mass is 9.83. The van der Waals surface area contributed by atoms with Gasteiger partial charge >= 0.3 is 0 Å². The summed E-state index contributed by atoms with van der Waals surface area (Å²) in [5.74, 6) is 0.180. The van der Waals surface area contributed by atoms with Crippen molar-refractivity contribution >= 4 is 22.8 Å². The summed E-state index contributed by atoms with van der Waals surface area (Å²) in [5, 5.41) is 4.24. The molecule has 2 fully saturated rings. The third-order valence-corrected chi connectivity index (χ3v) is 8.22. The van der Waals surface area contributed by atoms with Crippen molar-refractivity contribution < 1.29 is 14.0 Å². The molecular formula is C30H37N3O3. The molecule has 3 aromatic rings. The van der Waals surface area contributed by atoms with Crippen molar-refractivity contribution in [1.29, 1.82) is 0 Å². The van der Waals surface area contributed by atoms with Crippen LogP contribution < -0.4 is 5.32 Å². The Bertz CT molecular complexity index is 1210. The number of furan rings is 1. The summed E-state index contributed by atoms with van der Waals surface area (Å²) in [6.45, 7) is 4.67. The molecule has 2 aliphatic rings. The van der Waals surface area contributed by atoms with Gasteiger partial charge in [-0.15, -0.1) is 0 Å². The monoisotopic (exact) mass is 487 g/mol. The van der Waals surface area contributed by atoms with Gasteiger partial charge in [-0.1, -0.05) is 51.3 Å². The van der Waals surface area contributed by atoms with Crippen LogP contribution in [0.1, 0.15) is 76.8 Å². The summed E-state index contributed by atoms with van der Waals surface area (Å²) >= 11 is 0. The maximum Gasteiger partial charge on any atom is 0.245 e. The molecule has 1 saturated heterocycles. The molecule has 3 heterocycles. The van der Waals surface area contributed by atoms with Crippen LogP contribution in [-0.2, 0) is 9.59 Å². The minimum Gasteiger partial charge on any atom is -0.464 e. The van der Waals surface area contributed by atoms with Crippen molar-refractivity contribution in [3.8, 4) is 11.1 Å². The van der Waals surface area contributed by atoms with Gasteiger partial charge in [-0.2, -0.15) is 0 Å². The highest BCUT2D eigenvalue weighted by atomic mass is 16.3. The first kappa shape index (κ1) is 24.5. The highest BCUT2D eigenvalue weighted by molar-refractivity contribution is 5.94. The highest BCUT2D eigenvalue weighted by Gasteiger charge is 2.39. The quantitative estimate of drug-likeness (QED) is 0.426. The number of carbonyl (C=O) groups excluding carboxylic acids is 2. The van der Waals surface area contributed by atoms with Gasteiger partial charge in [-0.05, 0) is 55.7 Å². The average molecular weight is 488 g/mol. The summed E-state index contributed by atoms with van der Waals surface area (Å²) < 4.78 is 5.76. The Morgan fingerprint density at radius 2 is 1.92 bits per heavy atom. The molecule has 0 spiro atoms. The fraction of sp³-hybridized carbons (Fsp3) is 0.500. The van der Waals surface area contributed by atoms with E-state index in [1.54, 1.807) is 6.26 Å². The molecule has 1 N–H and O–H groups in total. The zero-order valence-electron chi connectivity index (χ0n) is 21.4. The number of fused-ring (bicyclic) bond motifs is 1. The van der Waals surface area contributed by atoms with E-state index in [0.29, 0.717) is 6.54 Å². The number of amides is 2. The van der Waals surface area contributed by atoms with E-state index in [4.69, 9.17) is 4.42 Å². The van der Waals surface area contributed by atoms with Gasteiger partial charge in [0.1, 0.15) is 11.6 Å². The van der Waals surface area contributed by atoms with Crippen molar-refractivity contribution in [2.75, 3.05) is 6.54 Å². The predicted octanol–water partition coefficient (Wildman–Crippen LogP) is 6.27. The topological polar surface area (TPSA) is 75.4 Å². The maximum atomic E-state index is 14.0. The fourth-order valence-corrected chi connectivity index (χ4v) is 5.87. The molecule has 190 valence electrons. The largest absolute Gasteiger partial charge is 0.464 e. The number of rotatable bonds is 7. The molecular weight excluding hydrogens is 450 g/mol. The second-order valence-electron chi connectivity index (χ2n) is 10.5. The van der Waals surface area contributed by atoms with Crippen LogP contribution in [0.4, 0.5) is 0 Å². The van der Waals surface area contributed by atoms with Crippen molar-refractivity contribution in [3.05, 3.63) is 54.6 Å². The number of hydrogen-bond donors (Lipinski definition) is 1. The number of hydrogen-bond acceptors (Lipinski definition) is 4. The van der Waals surface area contributed by atoms with Crippen molar-refractivity contribution in [1.82, 2.24) is 15.2 Å². The Labute approximate surface area is 213 Å². The Kier molecular flexibility index (Phi) is 7.40. The third kappa shape index (κ3) is 4.91. The van der Waals surface area contributed by atoms with Crippen LogP contribution in [0.15, 0.2) is 53.4 Å². The van der Waals surface area contributed by atoms with Crippen molar-refractivity contribution in [2.45, 2.75) is 77.3 Å². The van der Waals surface area contributed by atoms with E-state index in [9.17, 15) is 9.59 Å². The lowest BCUT2D eigenvalue weighted by molar-refractivity contribution is -0.140. The van der Waals surface area contributed by atoms with E-state index in [1.165, 1.54) is 6.42 Å². The molecule has 0 bridgehead atoms. The van der Waals surface area contributed by atoms with E-state index in [1.807, 2.05) is 49.3 Å². The molecule has 0 radical (unpaired) electrons. The lowest BCUT2D eigenvalue weighted by Gasteiger charge is -2.35. The Hall–Kier alpha value is -3.15. The van der Waals surface area contributed by atoms with Gasteiger partial charge in [-0.3, -0.25) is 14.6 Å². The zero-order valence-corrected chi connectivity index (χ0v) is 21.4. The van der Waals surface area contributed by atoms with Crippen LogP contribution in [0, 0.1) is 11.8 Å². The van der Waals surface area contributed by atoms with Crippen LogP contribution in [-0.4, -0.2) is 34.3 Å². The molecule has 3 unspecified atom stereocenters. The van der Waals surface area contributed by atoms with E-state index in [-0.39, 0.29) is 29.7 Å². The standard InChI is InChI=1S/C30H37N3O3/c1-3-20(2)29(34)32-28(21-10-5-4-6-11-21)30(35)33-15-9-13-26(33)23-16-22(17-31-18-23)25-19-36-27-14-8-7-12-24(25)27/h7-8,12,14,16-21,26,28H,3-6,9-11,13,15H2,1-2H3,(H,32,34). The Balaban J connectivity index is 1.41. The number of likely N-dealkylation sites (tertiary alicyclic amines) is 1. The first-order chi connectivity index (χ1) is 17.6. The number of carbonyl (C=O) groups is 2. The third-order valence-electron chi connectivity index (χ3n) is 8.22. The number of nitrogens with one attached hydrogen (secondary N) is 1. The van der Waals surface area contributed by atoms with E-state index in [2.05, 4.69) is 22.4 Å². The number of para-hydroxylation sites is 1. The van der Waals surface area contributed by atoms with Gasteiger partial charge in [-0.25, -0.2) is 0 Å². The first-order valence-corrected chi connectivity index (χ1v) is 13.6. The second-order valence-corrected chi connectivity index (χ2v) is 10.5. The maximum absolute atomic E-state index is 14.0. The first-order valence-electron chi connectivity index (χ1n) is 13.6. The van der Waals surface area contributed by atoms with E-state index < -0.39 is 6.04 Å². The van der Waals surface area contributed by atoms with E-state index in [0.717, 1.165) is 72.6 Å². The molecule has 6 nitrogen and oxygen atoms in total. The van der Waals surface area contributed by atoms with Gasteiger partial charge < -0.3 is 14.6 Å². The molecule has 6 heteroatoms. The van der Waals surface area contributed by atoms with Gasteiger partial charge in [0.2, 0.25) is 11.8 Å². The van der Waals surface area contributed by atoms with Crippen LogP contribution in [0.2, 0.25) is 0 Å². The molecule has 1 aliphatic heterocycles. The minimum atomic E-state index is -0.443. The minimum absolute atomic E-state index is 0.00679. The van der Waals surface area contributed by atoms with Crippen LogP contribution >= 0.6 is 0 Å². The molecule has 36 heavy (non-hydrogen) atoms. The predicted molar refractivity (Wildman–Crippen MR) is 141 cm³/mol. The van der Waals surface area contributed by atoms with Crippen LogP contribution in [0.5, 0.6) is 0 Å². The molecule has 2 aromatic heterocycles. The van der Waals surface area contributed by atoms with Crippen molar-refractivity contribution in [3.63, 3.8) is 0 Å². The SMILES string of the molecule is CCC(C)C(=O)NC(C(=O)N1CCCC1c1cncc(-c2coc3ccccc23)c1)C1CCCCC1. The lowest BCUT2D eigenvalue weighted by Crippen LogP contribution is -2.53. The summed E-state index contributed by atoms with van der Waals surface area (Å²) in [6.07, 6.45) is 13.6. The molecule has 5 rings (SSSR count). The van der Waals surface area contributed by atoms with Gasteiger partial charge in [0, 0.05) is 41.4 Å². The Morgan fingerprint density at radius 1 is 1.11 bits per heavy atom. The zero-order chi connectivity index (χ0) is 25.1. The van der Waals surface area contributed by atoms with Crippen LogP contribution in [0.25, 0.3) is 22.1 Å². The summed E-state index contributed by atoms with van der Waals surface area (Å²) in [7, 11) is 0. The molecule has 1 saturated carbocycles. The van der Waals surface area contributed by atoms with Gasteiger partial charge in [0.05, 0.1) is 12.3 Å². The smallest absolute Gasteiger partial charge is 0.245 e.